The van der Waals surface area contributed by atoms with Crippen molar-refractivity contribution >= 4 is 29.6 Å². The van der Waals surface area contributed by atoms with Gasteiger partial charge in [-0.3, -0.25) is 9.59 Å². The highest BCUT2D eigenvalue weighted by atomic mass is 32.2. The zero-order chi connectivity index (χ0) is 25.6. The van der Waals surface area contributed by atoms with Crippen molar-refractivity contribution in [1.82, 2.24) is 4.90 Å². The quantitative estimate of drug-likeness (QED) is 0.351. The minimum atomic E-state index is -1.35. The zero-order valence-electron chi connectivity index (χ0n) is 20.1. The van der Waals surface area contributed by atoms with E-state index in [1.807, 2.05) is 34.6 Å². The number of methoxy groups -OCH3 is 1. The number of aromatic hydroxyl groups is 1. The number of nitrogens with two attached hydrogens (primary N) is 1. The number of phenolic OH excluding ortho intramolecular Hbond substituents is 1. The van der Waals surface area contributed by atoms with Crippen LogP contribution in [0.5, 0.6) is 11.5 Å². The second-order valence-electron chi connectivity index (χ2n) is 9.53. The predicted molar refractivity (Wildman–Crippen MR) is 128 cm³/mol. The summed E-state index contributed by atoms with van der Waals surface area (Å²) in [6, 6.07) is 2.49. The first-order chi connectivity index (χ1) is 15.1. The molecule has 0 bridgehead atoms. The topological polar surface area (TPSA) is 150 Å². The van der Waals surface area contributed by atoms with Crippen LogP contribution in [0.25, 0.3) is 0 Å². The van der Waals surface area contributed by atoms with Gasteiger partial charge in [-0.15, -0.1) is 0 Å². The molecule has 0 spiro atoms. The molecule has 5 N–H and O–H groups in total. The van der Waals surface area contributed by atoms with E-state index in [1.54, 1.807) is 18.2 Å². The Morgan fingerprint density at radius 3 is 2.21 bits per heavy atom. The molecule has 10 heteroatoms. The third-order valence-electron chi connectivity index (χ3n) is 5.27. The first kappa shape index (κ1) is 28.6. The van der Waals surface area contributed by atoms with Crippen LogP contribution in [-0.4, -0.2) is 74.3 Å². The van der Waals surface area contributed by atoms with Crippen LogP contribution in [0.15, 0.2) is 18.2 Å². The Morgan fingerprint density at radius 1 is 1.15 bits per heavy atom. The van der Waals surface area contributed by atoms with Gasteiger partial charge in [-0.25, -0.2) is 4.79 Å². The van der Waals surface area contributed by atoms with E-state index in [0.29, 0.717) is 12.2 Å². The van der Waals surface area contributed by atoms with Gasteiger partial charge in [0.25, 0.3) is 0 Å². The number of benzene rings is 1. The van der Waals surface area contributed by atoms with Crippen molar-refractivity contribution in [2.75, 3.05) is 19.4 Å². The fourth-order valence-corrected chi connectivity index (χ4v) is 4.17. The van der Waals surface area contributed by atoms with Crippen LogP contribution in [0.2, 0.25) is 0 Å². The molecule has 0 unspecified atom stereocenters. The van der Waals surface area contributed by atoms with Crippen molar-refractivity contribution < 1.29 is 34.4 Å². The Kier molecular flexibility index (Phi) is 10.0. The van der Waals surface area contributed by atoms with Gasteiger partial charge in [0.2, 0.25) is 5.91 Å². The van der Waals surface area contributed by atoms with Crippen molar-refractivity contribution in [1.29, 1.82) is 0 Å². The van der Waals surface area contributed by atoms with E-state index >= 15 is 0 Å². The van der Waals surface area contributed by atoms with Gasteiger partial charge < -0.3 is 30.7 Å². The second-order valence-corrected chi connectivity index (χ2v) is 11.4. The van der Waals surface area contributed by atoms with Crippen molar-refractivity contribution in [2.45, 2.75) is 69.7 Å². The maximum absolute atomic E-state index is 13.0. The van der Waals surface area contributed by atoms with Gasteiger partial charge in [-0.05, 0) is 29.5 Å². The number of aliphatic carboxylic acids is 2. The Labute approximate surface area is 199 Å². The molecule has 9 nitrogen and oxygen atoms in total. The van der Waals surface area contributed by atoms with Crippen LogP contribution < -0.4 is 10.5 Å². The summed E-state index contributed by atoms with van der Waals surface area (Å²) in [5.41, 5.74) is 6.06. The van der Waals surface area contributed by atoms with Gasteiger partial charge in [0.1, 0.15) is 6.04 Å². The molecule has 1 amide bonds. The number of hydrogen-bond acceptors (Lipinski definition) is 7. The molecular formula is C23H36N2O7S. The molecule has 2 atom stereocenters. The molecule has 1 rings (SSSR count). The number of carboxylic acids is 2. The van der Waals surface area contributed by atoms with Crippen LogP contribution in [0, 0.1) is 0 Å². The molecule has 0 fully saturated rings. The van der Waals surface area contributed by atoms with Gasteiger partial charge in [0.15, 0.2) is 11.5 Å². The van der Waals surface area contributed by atoms with Gasteiger partial charge >= 0.3 is 11.9 Å². The first-order valence-electron chi connectivity index (χ1n) is 10.6. The Hall–Kier alpha value is -2.46. The van der Waals surface area contributed by atoms with E-state index in [9.17, 15) is 24.6 Å². The molecule has 0 aromatic heterocycles. The molecule has 1 aromatic carbocycles. The highest BCUT2D eigenvalue weighted by molar-refractivity contribution is 8.00. The van der Waals surface area contributed by atoms with Crippen molar-refractivity contribution in [3.05, 3.63) is 23.8 Å². The second kappa shape index (κ2) is 11.6. The van der Waals surface area contributed by atoms with Gasteiger partial charge in [0.05, 0.1) is 19.6 Å². The molecule has 0 heterocycles. The molecular weight excluding hydrogens is 448 g/mol. The summed E-state index contributed by atoms with van der Waals surface area (Å²) in [5.74, 6) is -2.69. The normalized spacial score (nSPS) is 13.8. The average molecular weight is 485 g/mol. The minimum Gasteiger partial charge on any atom is -0.504 e. The van der Waals surface area contributed by atoms with Crippen LogP contribution >= 0.6 is 11.8 Å². The Morgan fingerprint density at radius 2 is 1.76 bits per heavy atom. The molecule has 186 valence electrons. The lowest BCUT2D eigenvalue weighted by Gasteiger charge is -2.35. The minimum absolute atomic E-state index is 0.0236. The molecule has 0 aliphatic heterocycles. The SMILES string of the molecule is COc1ccc(C(C)(C)CCN(C(=O)[C@@H](N)CC(=O)O)[C@@H](CSC(C)(C)C)C(=O)O)cc1O. The summed E-state index contributed by atoms with van der Waals surface area (Å²) in [5, 5.41) is 29.1. The zero-order valence-corrected chi connectivity index (χ0v) is 20.9. The summed E-state index contributed by atoms with van der Waals surface area (Å²) < 4.78 is 4.85. The number of carbonyl (C=O) groups is 3. The van der Waals surface area contributed by atoms with Gasteiger partial charge in [-0.2, -0.15) is 11.8 Å². The Balaban J connectivity index is 3.21. The highest BCUT2D eigenvalue weighted by Gasteiger charge is 2.35. The number of rotatable bonds is 12. The molecule has 0 saturated heterocycles. The lowest BCUT2D eigenvalue weighted by Crippen LogP contribution is -2.54. The van der Waals surface area contributed by atoms with Crippen molar-refractivity contribution in [3.8, 4) is 11.5 Å². The van der Waals surface area contributed by atoms with Crippen LogP contribution in [0.3, 0.4) is 0 Å². The molecule has 1 aromatic rings. The van der Waals surface area contributed by atoms with E-state index < -0.39 is 41.8 Å². The molecule has 0 aliphatic rings. The van der Waals surface area contributed by atoms with E-state index in [-0.39, 0.29) is 22.8 Å². The fraction of sp³-hybridized carbons (Fsp3) is 0.609. The first-order valence-corrected chi connectivity index (χ1v) is 11.6. The van der Waals surface area contributed by atoms with Crippen molar-refractivity contribution in [3.63, 3.8) is 0 Å². The summed E-state index contributed by atoms with van der Waals surface area (Å²) in [6.45, 7) is 9.70. The molecule has 0 radical (unpaired) electrons. The summed E-state index contributed by atoms with van der Waals surface area (Å²) in [7, 11) is 1.45. The number of nitrogens with zero attached hydrogens (tertiary/aromatic N) is 1. The smallest absolute Gasteiger partial charge is 0.327 e. The lowest BCUT2D eigenvalue weighted by atomic mass is 9.81. The largest absolute Gasteiger partial charge is 0.504 e. The summed E-state index contributed by atoms with van der Waals surface area (Å²) >= 11 is 1.40. The summed E-state index contributed by atoms with van der Waals surface area (Å²) in [4.78, 5) is 37.4. The number of phenols is 1. The third kappa shape index (κ3) is 8.77. The maximum Gasteiger partial charge on any atom is 0.327 e. The van der Waals surface area contributed by atoms with E-state index in [2.05, 4.69) is 0 Å². The standard InChI is InChI=1S/C23H36N2O7S/c1-22(2,3)33-13-16(21(30)31)25(20(29)15(24)12-19(27)28)10-9-23(4,5)14-7-8-18(32-6)17(26)11-14/h7-8,11,15-16,26H,9-10,12-13,24H2,1-6H3,(H,27,28)(H,30,31)/t15-,16-/m0/s1. The maximum atomic E-state index is 13.0. The lowest BCUT2D eigenvalue weighted by molar-refractivity contribution is -0.150. The van der Waals surface area contributed by atoms with Crippen molar-refractivity contribution in [2.24, 2.45) is 5.73 Å². The summed E-state index contributed by atoms with van der Waals surface area (Å²) in [6.07, 6.45) is -0.238. The number of amides is 1. The van der Waals surface area contributed by atoms with Gasteiger partial charge in [-0.1, -0.05) is 40.7 Å². The molecule has 0 aliphatic carbocycles. The average Bonchev–Trinajstić information content (AvgIpc) is 2.68. The third-order valence-corrected chi connectivity index (χ3v) is 6.62. The van der Waals surface area contributed by atoms with Crippen LogP contribution in [0.1, 0.15) is 53.0 Å². The number of thioether (sulfide) groups is 1. The predicted octanol–water partition coefficient (Wildman–Crippen LogP) is 2.68. The van der Waals surface area contributed by atoms with E-state index in [1.165, 1.54) is 23.8 Å². The van der Waals surface area contributed by atoms with Gasteiger partial charge in [0, 0.05) is 17.0 Å². The van der Waals surface area contributed by atoms with Crippen LogP contribution in [-0.2, 0) is 19.8 Å². The number of carbonyl (C=O) groups excluding carboxylic acids is 1. The molecule has 0 saturated carbocycles. The van der Waals surface area contributed by atoms with E-state index in [4.69, 9.17) is 15.6 Å². The number of carboxylic acid groups (broad SMARTS) is 2. The number of ether oxygens (including phenoxy) is 1. The van der Waals surface area contributed by atoms with Crippen LogP contribution in [0.4, 0.5) is 0 Å². The molecule has 33 heavy (non-hydrogen) atoms. The monoisotopic (exact) mass is 484 g/mol. The van der Waals surface area contributed by atoms with E-state index in [0.717, 1.165) is 5.56 Å². The fourth-order valence-electron chi connectivity index (χ4n) is 3.19. The Bertz CT molecular complexity index is 852. The highest BCUT2D eigenvalue weighted by Crippen LogP contribution is 2.35. The number of hydrogen-bond donors (Lipinski definition) is 4.